The molecule has 0 aliphatic carbocycles. The second-order valence-corrected chi connectivity index (χ2v) is 2.67. The van der Waals surface area contributed by atoms with Crippen LogP contribution in [-0.2, 0) is 4.79 Å². The number of fused-ring (bicyclic) bond motifs is 1. The number of carbonyl (C=O) groups is 2. The molecule has 1 aromatic rings. The predicted octanol–water partition coefficient (Wildman–Crippen LogP) is 0.233. The first-order chi connectivity index (χ1) is 6.09. The highest BCUT2D eigenvalue weighted by Gasteiger charge is 2.29. The summed E-state index contributed by atoms with van der Waals surface area (Å²) in [5.41, 5.74) is 0.311. The van der Waals surface area contributed by atoms with Crippen LogP contribution < -0.4 is 5.32 Å². The molecule has 1 aliphatic rings. The molecule has 1 aromatic carbocycles. The highest BCUT2D eigenvalue weighted by molar-refractivity contribution is 6.51. The summed E-state index contributed by atoms with van der Waals surface area (Å²) in [6, 6.07) is 2.19. The van der Waals surface area contributed by atoms with Gasteiger partial charge in [0.05, 0.1) is 11.3 Å². The first-order valence-electron chi connectivity index (χ1n) is 3.51. The fourth-order valence-corrected chi connectivity index (χ4v) is 1.17. The van der Waals surface area contributed by atoms with Crippen LogP contribution in [0.4, 0.5) is 5.69 Å². The Hall–Kier alpha value is -2.04. The van der Waals surface area contributed by atoms with Gasteiger partial charge < -0.3 is 15.5 Å². The SMILES string of the molecule is O=C1Nc2cc(O)c(O)cc2C1=O. The van der Waals surface area contributed by atoms with E-state index >= 15 is 0 Å². The van der Waals surface area contributed by atoms with E-state index < -0.39 is 17.4 Å². The summed E-state index contributed by atoms with van der Waals surface area (Å²) in [7, 11) is 0. The van der Waals surface area contributed by atoms with Crippen molar-refractivity contribution in [3.8, 4) is 11.5 Å². The van der Waals surface area contributed by atoms with Crippen molar-refractivity contribution in [3.05, 3.63) is 17.7 Å². The van der Waals surface area contributed by atoms with Gasteiger partial charge in [-0.05, 0) is 6.07 Å². The van der Waals surface area contributed by atoms with Crippen molar-refractivity contribution < 1.29 is 19.8 Å². The summed E-state index contributed by atoms with van der Waals surface area (Å²) in [4.78, 5) is 21.9. The van der Waals surface area contributed by atoms with Crippen LogP contribution in [0, 0.1) is 0 Å². The van der Waals surface area contributed by atoms with Gasteiger partial charge in [-0.3, -0.25) is 9.59 Å². The molecule has 0 saturated carbocycles. The average Bonchev–Trinajstić information content (AvgIpc) is 2.32. The zero-order valence-corrected chi connectivity index (χ0v) is 6.37. The summed E-state index contributed by atoms with van der Waals surface area (Å²) < 4.78 is 0. The van der Waals surface area contributed by atoms with Gasteiger partial charge in [0.25, 0.3) is 11.7 Å². The molecule has 0 unspecified atom stereocenters. The van der Waals surface area contributed by atoms with Crippen molar-refractivity contribution in [2.45, 2.75) is 0 Å². The number of amides is 1. The van der Waals surface area contributed by atoms with E-state index in [4.69, 9.17) is 10.2 Å². The summed E-state index contributed by atoms with van der Waals surface area (Å²) in [6.07, 6.45) is 0. The number of benzene rings is 1. The third-order valence-corrected chi connectivity index (χ3v) is 1.81. The summed E-state index contributed by atoms with van der Waals surface area (Å²) in [5, 5.41) is 20.3. The number of aromatic hydroxyl groups is 2. The number of nitrogens with one attached hydrogen (secondary N) is 1. The minimum Gasteiger partial charge on any atom is -0.504 e. The van der Waals surface area contributed by atoms with E-state index in [1.807, 2.05) is 0 Å². The highest BCUT2D eigenvalue weighted by Crippen LogP contribution is 2.34. The molecule has 0 atom stereocenters. The quantitative estimate of drug-likeness (QED) is 0.302. The lowest BCUT2D eigenvalue weighted by Crippen LogP contribution is -2.12. The molecule has 5 heteroatoms. The van der Waals surface area contributed by atoms with Crippen LogP contribution >= 0.6 is 0 Å². The first kappa shape index (κ1) is 7.60. The molecule has 1 aliphatic heterocycles. The molecule has 0 fully saturated rings. The number of ketones is 1. The molecule has 2 rings (SSSR count). The summed E-state index contributed by atoms with van der Waals surface area (Å²) in [5.74, 6) is -2.23. The van der Waals surface area contributed by atoms with E-state index in [-0.39, 0.29) is 17.0 Å². The maximum Gasteiger partial charge on any atom is 0.296 e. The largest absolute Gasteiger partial charge is 0.504 e. The van der Waals surface area contributed by atoms with Crippen LogP contribution in [0.3, 0.4) is 0 Å². The summed E-state index contributed by atoms with van der Waals surface area (Å²) >= 11 is 0. The predicted molar refractivity (Wildman–Crippen MR) is 42.7 cm³/mol. The van der Waals surface area contributed by atoms with Crippen LogP contribution in [0.15, 0.2) is 12.1 Å². The Balaban J connectivity index is 2.66. The zero-order chi connectivity index (χ0) is 9.59. The average molecular weight is 179 g/mol. The molecule has 0 aromatic heterocycles. The van der Waals surface area contributed by atoms with Crippen LogP contribution in [0.2, 0.25) is 0 Å². The van der Waals surface area contributed by atoms with E-state index in [1.54, 1.807) is 0 Å². The van der Waals surface area contributed by atoms with Crippen LogP contribution in [0.25, 0.3) is 0 Å². The lowest BCUT2D eigenvalue weighted by atomic mass is 10.1. The number of Topliss-reactive ketones (excluding diaryl/α,β-unsaturated/α-hetero) is 1. The number of anilines is 1. The van der Waals surface area contributed by atoms with Gasteiger partial charge >= 0.3 is 0 Å². The van der Waals surface area contributed by atoms with Crippen molar-refractivity contribution in [2.24, 2.45) is 0 Å². The van der Waals surface area contributed by atoms with Crippen molar-refractivity contribution in [1.29, 1.82) is 0 Å². The minimum absolute atomic E-state index is 0.0836. The lowest BCUT2D eigenvalue weighted by Gasteiger charge is -1.99. The molecular weight excluding hydrogens is 174 g/mol. The minimum atomic E-state index is -0.750. The smallest absolute Gasteiger partial charge is 0.296 e. The topological polar surface area (TPSA) is 86.6 Å². The number of phenolic OH excluding ortho intramolecular Hbond substituents is 2. The highest BCUT2D eigenvalue weighted by atomic mass is 16.3. The van der Waals surface area contributed by atoms with Crippen molar-refractivity contribution >= 4 is 17.4 Å². The van der Waals surface area contributed by atoms with E-state index in [0.717, 1.165) is 12.1 Å². The Morgan fingerprint density at radius 1 is 1.08 bits per heavy atom. The molecule has 0 spiro atoms. The molecule has 13 heavy (non-hydrogen) atoms. The van der Waals surface area contributed by atoms with Gasteiger partial charge in [-0.15, -0.1) is 0 Å². The molecule has 66 valence electrons. The van der Waals surface area contributed by atoms with Crippen molar-refractivity contribution in [1.82, 2.24) is 0 Å². The van der Waals surface area contributed by atoms with Crippen LogP contribution in [-0.4, -0.2) is 21.9 Å². The van der Waals surface area contributed by atoms with Crippen molar-refractivity contribution in [2.75, 3.05) is 5.32 Å². The number of phenols is 2. The Morgan fingerprint density at radius 3 is 2.38 bits per heavy atom. The molecule has 1 heterocycles. The van der Waals surface area contributed by atoms with Gasteiger partial charge in [0.1, 0.15) is 0 Å². The second-order valence-electron chi connectivity index (χ2n) is 2.67. The van der Waals surface area contributed by atoms with E-state index in [9.17, 15) is 9.59 Å². The fourth-order valence-electron chi connectivity index (χ4n) is 1.17. The first-order valence-corrected chi connectivity index (χ1v) is 3.51. The van der Waals surface area contributed by atoms with Gasteiger partial charge in [-0.25, -0.2) is 0 Å². The third-order valence-electron chi connectivity index (χ3n) is 1.81. The van der Waals surface area contributed by atoms with Gasteiger partial charge in [0.2, 0.25) is 0 Å². The number of rotatable bonds is 0. The van der Waals surface area contributed by atoms with Gasteiger partial charge in [0.15, 0.2) is 11.5 Å². The normalized spacial score (nSPS) is 14.2. The molecule has 3 N–H and O–H groups in total. The van der Waals surface area contributed by atoms with Crippen LogP contribution in [0.5, 0.6) is 11.5 Å². The van der Waals surface area contributed by atoms with Gasteiger partial charge in [-0.1, -0.05) is 0 Å². The molecule has 0 radical (unpaired) electrons. The Labute approximate surface area is 72.6 Å². The number of hydrogen-bond acceptors (Lipinski definition) is 4. The molecule has 0 saturated heterocycles. The number of hydrogen-bond donors (Lipinski definition) is 3. The fraction of sp³-hybridized carbons (Fsp3) is 0. The van der Waals surface area contributed by atoms with Crippen LogP contribution in [0.1, 0.15) is 10.4 Å². The van der Waals surface area contributed by atoms with E-state index in [2.05, 4.69) is 5.32 Å². The maximum atomic E-state index is 11.1. The van der Waals surface area contributed by atoms with E-state index in [0.29, 0.717) is 0 Å². The van der Waals surface area contributed by atoms with E-state index in [1.165, 1.54) is 0 Å². The molecule has 0 bridgehead atoms. The van der Waals surface area contributed by atoms with Gasteiger partial charge in [0, 0.05) is 6.07 Å². The Kier molecular flexibility index (Phi) is 1.30. The lowest BCUT2D eigenvalue weighted by molar-refractivity contribution is -0.112. The molecular formula is C8H5NO4. The Bertz CT molecular complexity index is 424. The van der Waals surface area contributed by atoms with Crippen molar-refractivity contribution in [3.63, 3.8) is 0 Å². The Morgan fingerprint density at radius 2 is 1.69 bits per heavy atom. The third kappa shape index (κ3) is 0.936. The number of carbonyl (C=O) groups excluding carboxylic acids is 2. The van der Waals surface area contributed by atoms with Gasteiger partial charge in [-0.2, -0.15) is 0 Å². The zero-order valence-electron chi connectivity index (χ0n) is 6.37. The standard InChI is InChI=1S/C8H5NO4/c10-5-1-3-4(2-6(5)11)9-8(13)7(3)12/h1-2,10-11H,(H,9,12,13). The monoisotopic (exact) mass is 179 g/mol. The molecule has 5 nitrogen and oxygen atoms in total. The summed E-state index contributed by atoms with van der Waals surface area (Å²) in [6.45, 7) is 0. The second kappa shape index (κ2) is 2.22. The molecule has 1 amide bonds. The maximum absolute atomic E-state index is 11.1.